The molecule has 0 saturated heterocycles. The number of hydrogen-bond donors (Lipinski definition) is 2. The number of carbonyl (C=O) groups excluding carboxylic acids is 1. The van der Waals surface area contributed by atoms with Gasteiger partial charge in [0.25, 0.3) is 5.91 Å². The highest BCUT2D eigenvalue weighted by molar-refractivity contribution is 6.00. The maximum absolute atomic E-state index is 12.0. The van der Waals surface area contributed by atoms with E-state index >= 15 is 0 Å². The van der Waals surface area contributed by atoms with Crippen molar-refractivity contribution in [1.29, 1.82) is 0 Å². The molecule has 0 aliphatic carbocycles. The van der Waals surface area contributed by atoms with Gasteiger partial charge >= 0.3 is 0 Å². The topological polar surface area (TPSA) is 67.8 Å². The lowest BCUT2D eigenvalue weighted by atomic mass is 9.94. The lowest BCUT2D eigenvalue weighted by Crippen LogP contribution is -2.40. The van der Waals surface area contributed by atoms with E-state index in [0.717, 1.165) is 0 Å². The molecule has 0 saturated carbocycles. The van der Waals surface area contributed by atoms with E-state index in [-0.39, 0.29) is 5.91 Å². The van der Waals surface area contributed by atoms with Crippen molar-refractivity contribution in [2.24, 2.45) is 0 Å². The molecule has 1 aliphatic heterocycles. The lowest BCUT2D eigenvalue weighted by molar-refractivity contribution is 0.0472. The molecule has 0 fully saturated rings. The van der Waals surface area contributed by atoms with Crippen LogP contribution < -0.4 is 14.8 Å². The largest absolute Gasteiger partial charge is 0.497 e. The Morgan fingerprint density at radius 3 is 2.29 bits per heavy atom. The van der Waals surface area contributed by atoms with Gasteiger partial charge in [-0.1, -0.05) is 18.2 Å². The summed E-state index contributed by atoms with van der Waals surface area (Å²) in [7, 11) is 3.06. The van der Waals surface area contributed by atoms with Crippen molar-refractivity contribution in [3.8, 4) is 11.5 Å². The molecule has 3 rings (SSSR count). The van der Waals surface area contributed by atoms with Crippen LogP contribution in [-0.4, -0.2) is 25.2 Å². The number of ether oxygens (including phenoxy) is 2. The standard InChI is InChI=1S/C16H15NO4/c1-20-11-7-10(8-12(9-11)21-2)16(19)14-6-4-3-5-13(14)15(18)17-16/h3-9,19H,1-2H3,(H,17,18). The number of methoxy groups -OCH3 is 2. The number of benzene rings is 2. The first-order chi connectivity index (χ1) is 10.1. The van der Waals surface area contributed by atoms with Crippen LogP contribution in [0.1, 0.15) is 21.5 Å². The van der Waals surface area contributed by atoms with Gasteiger partial charge in [0.1, 0.15) is 11.5 Å². The summed E-state index contributed by atoms with van der Waals surface area (Å²) in [5.41, 5.74) is -0.126. The zero-order valence-electron chi connectivity index (χ0n) is 11.7. The van der Waals surface area contributed by atoms with Crippen molar-refractivity contribution in [3.63, 3.8) is 0 Å². The number of rotatable bonds is 3. The molecule has 0 bridgehead atoms. The third-order valence-corrected chi connectivity index (χ3v) is 3.63. The predicted molar refractivity (Wildman–Crippen MR) is 76.5 cm³/mol. The molecule has 5 heteroatoms. The Hall–Kier alpha value is -2.53. The van der Waals surface area contributed by atoms with Gasteiger partial charge in [-0.2, -0.15) is 0 Å². The van der Waals surface area contributed by atoms with Crippen LogP contribution in [0.5, 0.6) is 11.5 Å². The molecule has 0 radical (unpaired) electrons. The van der Waals surface area contributed by atoms with Gasteiger partial charge in [-0.25, -0.2) is 0 Å². The van der Waals surface area contributed by atoms with Crippen molar-refractivity contribution in [1.82, 2.24) is 5.32 Å². The van der Waals surface area contributed by atoms with Gasteiger partial charge < -0.3 is 19.9 Å². The Morgan fingerprint density at radius 1 is 1.05 bits per heavy atom. The van der Waals surface area contributed by atoms with Gasteiger partial charge in [-0.3, -0.25) is 4.79 Å². The van der Waals surface area contributed by atoms with Crippen molar-refractivity contribution >= 4 is 5.91 Å². The maximum Gasteiger partial charge on any atom is 0.254 e. The van der Waals surface area contributed by atoms with Crippen molar-refractivity contribution in [2.45, 2.75) is 5.72 Å². The van der Waals surface area contributed by atoms with Gasteiger partial charge in [0.05, 0.1) is 14.2 Å². The Labute approximate surface area is 122 Å². The smallest absolute Gasteiger partial charge is 0.254 e. The molecule has 1 amide bonds. The zero-order valence-corrected chi connectivity index (χ0v) is 11.7. The summed E-state index contributed by atoms with van der Waals surface area (Å²) in [5, 5.41) is 13.6. The highest BCUT2D eigenvalue weighted by Gasteiger charge is 2.43. The second-order valence-corrected chi connectivity index (χ2v) is 4.81. The maximum atomic E-state index is 12.0. The zero-order chi connectivity index (χ0) is 15.0. The Kier molecular flexibility index (Phi) is 3.07. The summed E-state index contributed by atoms with van der Waals surface area (Å²) < 4.78 is 10.4. The van der Waals surface area contributed by atoms with Crippen LogP contribution in [0.15, 0.2) is 42.5 Å². The van der Waals surface area contributed by atoms with Gasteiger partial charge in [0, 0.05) is 22.8 Å². The minimum atomic E-state index is -1.59. The highest BCUT2D eigenvalue weighted by Crippen LogP contribution is 2.37. The SMILES string of the molecule is COc1cc(OC)cc(C2(O)NC(=O)c3ccccc32)c1. The van der Waals surface area contributed by atoms with Gasteiger partial charge in [0.15, 0.2) is 5.72 Å². The van der Waals surface area contributed by atoms with E-state index in [1.54, 1.807) is 42.5 Å². The molecule has 1 aliphatic rings. The fourth-order valence-electron chi connectivity index (χ4n) is 2.54. The molecule has 21 heavy (non-hydrogen) atoms. The summed E-state index contributed by atoms with van der Waals surface area (Å²) in [6, 6.07) is 12.0. The van der Waals surface area contributed by atoms with Crippen LogP contribution in [0, 0.1) is 0 Å². The molecule has 0 spiro atoms. The number of fused-ring (bicyclic) bond motifs is 1. The van der Waals surface area contributed by atoms with Crippen LogP contribution in [0.4, 0.5) is 0 Å². The Morgan fingerprint density at radius 2 is 1.67 bits per heavy atom. The van der Waals surface area contributed by atoms with E-state index in [1.165, 1.54) is 14.2 Å². The Balaban J connectivity index is 2.18. The van der Waals surface area contributed by atoms with Crippen LogP contribution in [0.25, 0.3) is 0 Å². The molecule has 2 aromatic carbocycles. The fourth-order valence-corrected chi connectivity index (χ4v) is 2.54. The predicted octanol–water partition coefficient (Wildman–Crippen LogP) is 1.64. The van der Waals surface area contributed by atoms with Gasteiger partial charge in [0.2, 0.25) is 0 Å². The third-order valence-electron chi connectivity index (χ3n) is 3.63. The van der Waals surface area contributed by atoms with Crippen LogP contribution in [0.3, 0.4) is 0 Å². The molecule has 1 atom stereocenters. The van der Waals surface area contributed by atoms with E-state index in [4.69, 9.17) is 9.47 Å². The van der Waals surface area contributed by atoms with Crippen LogP contribution in [-0.2, 0) is 5.72 Å². The summed E-state index contributed by atoms with van der Waals surface area (Å²) in [6.07, 6.45) is 0. The fraction of sp³-hybridized carbons (Fsp3) is 0.188. The van der Waals surface area contributed by atoms with Crippen molar-refractivity contribution in [3.05, 3.63) is 59.2 Å². The average molecular weight is 285 g/mol. The minimum absolute atomic E-state index is 0.310. The third kappa shape index (κ3) is 2.02. The molecular formula is C16H15NO4. The Bertz CT molecular complexity index is 691. The molecule has 1 unspecified atom stereocenters. The molecule has 2 N–H and O–H groups in total. The molecule has 1 heterocycles. The molecular weight excluding hydrogens is 270 g/mol. The van der Waals surface area contributed by atoms with Crippen molar-refractivity contribution in [2.75, 3.05) is 14.2 Å². The van der Waals surface area contributed by atoms with E-state index in [2.05, 4.69) is 5.32 Å². The summed E-state index contributed by atoms with van der Waals surface area (Å²) >= 11 is 0. The van der Waals surface area contributed by atoms with Gasteiger partial charge in [-0.15, -0.1) is 0 Å². The number of amides is 1. The van der Waals surface area contributed by atoms with E-state index in [0.29, 0.717) is 28.2 Å². The van der Waals surface area contributed by atoms with Crippen LogP contribution in [0.2, 0.25) is 0 Å². The summed E-state index contributed by atoms with van der Waals surface area (Å²) in [5.74, 6) is 0.766. The monoisotopic (exact) mass is 285 g/mol. The van der Waals surface area contributed by atoms with E-state index in [9.17, 15) is 9.90 Å². The highest BCUT2D eigenvalue weighted by atomic mass is 16.5. The summed E-state index contributed by atoms with van der Waals surface area (Å²) in [6.45, 7) is 0. The number of carbonyl (C=O) groups is 1. The number of aliphatic hydroxyl groups is 1. The van der Waals surface area contributed by atoms with Crippen molar-refractivity contribution < 1.29 is 19.4 Å². The molecule has 108 valence electrons. The van der Waals surface area contributed by atoms with Crippen LogP contribution >= 0.6 is 0 Å². The van der Waals surface area contributed by atoms with E-state index in [1.807, 2.05) is 0 Å². The quantitative estimate of drug-likeness (QED) is 0.899. The van der Waals surface area contributed by atoms with Gasteiger partial charge in [-0.05, 0) is 18.2 Å². The minimum Gasteiger partial charge on any atom is -0.497 e. The summed E-state index contributed by atoms with van der Waals surface area (Å²) in [4.78, 5) is 12.0. The molecule has 5 nitrogen and oxygen atoms in total. The molecule has 2 aromatic rings. The number of nitrogens with one attached hydrogen (secondary N) is 1. The molecule has 0 aromatic heterocycles. The number of hydrogen-bond acceptors (Lipinski definition) is 4. The average Bonchev–Trinajstić information content (AvgIpc) is 2.80. The first kappa shape index (κ1) is 13.5. The first-order valence-corrected chi connectivity index (χ1v) is 6.46. The second kappa shape index (κ2) is 4.79. The normalized spacial score (nSPS) is 19.9. The second-order valence-electron chi connectivity index (χ2n) is 4.81. The lowest BCUT2D eigenvalue weighted by Gasteiger charge is -2.25. The van der Waals surface area contributed by atoms with E-state index < -0.39 is 5.72 Å². The first-order valence-electron chi connectivity index (χ1n) is 6.46.